The molecule has 0 atom stereocenters. The van der Waals surface area contributed by atoms with Crippen molar-refractivity contribution in [3.8, 4) is 0 Å². The highest BCUT2D eigenvalue weighted by Crippen LogP contribution is 2.19. The summed E-state index contributed by atoms with van der Waals surface area (Å²) in [5, 5.41) is 3.09. The Labute approximate surface area is 115 Å². The van der Waals surface area contributed by atoms with Crippen molar-refractivity contribution in [3.63, 3.8) is 0 Å². The lowest BCUT2D eigenvalue weighted by Gasteiger charge is -2.07. The predicted octanol–water partition coefficient (Wildman–Crippen LogP) is 2.99. The fraction of sp³-hybridized carbons (Fsp3) is 0.0714. The van der Waals surface area contributed by atoms with Gasteiger partial charge >= 0.3 is 0 Å². The van der Waals surface area contributed by atoms with E-state index in [2.05, 4.69) is 5.32 Å². The predicted molar refractivity (Wildman–Crippen MR) is 73.4 cm³/mol. The summed E-state index contributed by atoms with van der Waals surface area (Å²) in [6, 6.07) is 10.7. The van der Waals surface area contributed by atoms with E-state index in [-0.39, 0.29) is 18.3 Å². The van der Waals surface area contributed by atoms with Crippen molar-refractivity contribution in [2.24, 2.45) is 0 Å². The first kappa shape index (κ1) is 13.4. The van der Waals surface area contributed by atoms with Crippen LogP contribution in [0.5, 0.6) is 0 Å². The molecule has 2 rings (SSSR count). The third kappa shape index (κ3) is 3.45. The van der Waals surface area contributed by atoms with E-state index in [9.17, 15) is 9.18 Å². The zero-order chi connectivity index (χ0) is 13.8. The molecule has 0 aromatic heterocycles. The topological polar surface area (TPSA) is 55.1 Å². The van der Waals surface area contributed by atoms with Crippen LogP contribution in [0.25, 0.3) is 0 Å². The molecule has 0 heterocycles. The number of amides is 1. The molecule has 2 aromatic carbocycles. The number of hydrogen-bond acceptors (Lipinski definition) is 2. The summed E-state index contributed by atoms with van der Waals surface area (Å²) in [5.41, 5.74) is 7.08. The minimum Gasteiger partial charge on any atom is -0.398 e. The highest BCUT2D eigenvalue weighted by atomic mass is 35.5. The summed E-state index contributed by atoms with van der Waals surface area (Å²) < 4.78 is 13.0. The molecule has 0 aliphatic rings. The van der Waals surface area contributed by atoms with Gasteiger partial charge < -0.3 is 11.1 Å². The number of hydrogen-bond donors (Lipinski definition) is 2. The van der Waals surface area contributed by atoms with E-state index in [4.69, 9.17) is 17.3 Å². The maximum absolute atomic E-state index is 13.0. The molecule has 0 aliphatic carbocycles. The number of anilines is 1. The van der Waals surface area contributed by atoms with Gasteiger partial charge in [-0.15, -0.1) is 0 Å². The Morgan fingerprint density at radius 3 is 2.74 bits per heavy atom. The molecule has 1 amide bonds. The number of nitrogens with two attached hydrogens (primary N) is 1. The number of benzene rings is 2. The van der Waals surface area contributed by atoms with Gasteiger partial charge in [-0.05, 0) is 35.9 Å². The lowest BCUT2D eigenvalue weighted by molar-refractivity contribution is 0.0951. The fourth-order valence-electron chi connectivity index (χ4n) is 1.62. The van der Waals surface area contributed by atoms with E-state index in [0.29, 0.717) is 21.8 Å². The molecule has 0 spiro atoms. The van der Waals surface area contributed by atoms with E-state index in [1.165, 1.54) is 18.2 Å². The SMILES string of the molecule is Nc1cc(C(=O)NCc2cccc(F)c2)ccc1Cl. The van der Waals surface area contributed by atoms with Crippen molar-refractivity contribution in [3.05, 3.63) is 64.4 Å². The molecule has 3 nitrogen and oxygen atoms in total. The highest BCUT2D eigenvalue weighted by molar-refractivity contribution is 6.33. The first-order valence-corrected chi connectivity index (χ1v) is 6.02. The van der Waals surface area contributed by atoms with Crippen LogP contribution in [-0.2, 0) is 6.54 Å². The van der Waals surface area contributed by atoms with Gasteiger partial charge in [0.05, 0.1) is 10.7 Å². The van der Waals surface area contributed by atoms with Gasteiger partial charge in [-0.3, -0.25) is 4.79 Å². The van der Waals surface area contributed by atoms with Gasteiger partial charge in [0.1, 0.15) is 5.82 Å². The first-order valence-electron chi connectivity index (χ1n) is 5.64. The van der Waals surface area contributed by atoms with Crippen LogP contribution in [0.15, 0.2) is 42.5 Å². The van der Waals surface area contributed by atoms with Crippen LogP contribution in [0.3, 0.4) is 0 Å². The van der Waals surface area contributed by atoms with Gasteiger partial charge in [0.2, 0.25) is 0 Å². The summed E-state index contributed by atoms with van der Waals surface area (Å²) in [6.45, 7) is 0.249. The lowest BCUT2D eigenvalue weighted by atomic mass is 10.1. The highest BCUT2D eigenvalue weighted by Gasteiger charge is 2.07. The number of carbonyl (C=O) groups excluding carboxylic acids is 1. The quantitative estimate of drug-likeness (QED) is 0.848. The third-order valence-corrected chi connectivity index (χ3v) is 2.94. The molecule has 5 heteroatoms. The lowest BCUT2D eigenvalue weighted by Crippen LogP contribution is -2.22. The second kappa shape index (κ2) is 5.71. The first-order chi connectivity index (χ1) is 9.06. The smallest absolute Gasteiger partial charge is 0.251 e. The molecule has 98 valence electrons. The van der Waals surface area contributed by atoms with E-state index in [1.807, 2.05) is 0 Å². The van der Waals surface area contributed by atoms with Crippen molar-refractivity contribution < 1.29 is 9.18 Å². The molecular formula is C14H12ClFN2O. The minimum absolute atomic E-state index is 0.249. The van der Waals surface area contributed by atoms with Gasteiger partial charge in [-0.25, -0.2) is 4.39 Å². The van der Waals surface area contributed by atoms with Gasteiger partial charge in [-0.2, -0.15) is 0 Å². The summed E-state index contributed by atoms with van der Waals surface area (Å²) >= 11 is 5.78. The number of nitrogen functional groups attached to an aromatic ring is 1. The van der Waals surface area contributed by atoms with Crippen molar-refractivity contribution >= 4 is 23.2 Å². The number of nitrogens with one attached hydrogen (secondary N) is 1. The number of halogens is 2. The molecule has 3 N–H and O–H groups in total. The van der Waals surface area contributed by atoms with Crippen LogP contribution < -0.4 is 11.1 Å². The molecule has 0 bridgehead atoms. The Kier molecular flexibility index (Phi) is 4.02. The van der Waals surface area contributed by atoms with E-state index in [0.717, 1.165) is 0 Å². The average molecular weight is 279 g/mol. The van der Waals surface area contributed by atoms with Crippen LogP contribution in [0.1, 0.15) is 15.9 Å². The maximum Gasteiger partial charge on any atom is 0.251 e. The zero-order valence-electron chi connectivity index (χ0n) is 9.99. The maximum atomic E-state index is 13.0. The van der Waals surface area contributed by atoms with Crippen LogP contribution in [0.4, 0.5) is 10.1 Å². The van der Waals surface area contributed by atoms with Crippen LogP contribution in [-0.4, -0.2) is 5.91 Å². The third-order valence-electron chi connectivity index (χ3n) is 2.60. The normalized spacial score (nSPS) is 10.2. The minimum atomic E-state index is -0.331. The second-order valence-electron chi connectivity index (χ2n) is 4.05. The van der Waals surface area contributed by atoms with Crippen molar-refractivity contribution in [1.82, 2.24) is 5.32 Å². The van der Waals surface area contributed by atoms with Gasteiger partial charge in [0.25, 0.3) is 5.91 Å². The van der Waals surface area contributed by atoms with Crippen molar-refractivity contribution in [2.75, 3.05) is 5.73 Å². The molecular weight excluding hydrogens is 267 g/mol. The molecule has 19 heavy (non-hydrogen) atoms. The average Bonchev–Trinajstić information content (AvgIpc) is 2.39. The fourth-order valence-corrected chi connectivity index (χ4v) is 1.73. The Hall–Kier alpha value is -2.07. The van der Waals surface area contributed by atoms with E-state index >= 15 is 0 Å². The van der Waals surface area contributed by atoms with Crippen LogP contribution >= 0.6 is 11.6 Å². The Balaban J connectivity index is 2.03. The van der Waals surface area contributed by atoms with Gasteiger partial charge in [-0.1, -0.05) is 23.7 Å². The molecule has 0 radical (unpaired) electrons. The summed E-state index contributed by atoms with van der Waals surface area (Å²) in [7, 11) is 0. The summed E-state index contributed by atoms with van der Waals surface area (Å²) in [4.78, 5) is 11.9. The summed E-state index contributed by atoms with van der Waals surface area (Å²) in [6.07, 6.45) is 0. The summed E-state index contributed by atoms with van der Waals surface area (Å²) in [5.74, 6) is -0.616. The second-order valence-corrected chi connectivity index (χ2v) is 4.46. The molecule has 0 unspecified atom stereocenters. The van der Waals surface area contributed by atoms with Gasteiger partial charge in [0, 0.05) is 12.1 Å². The monoisotopic (exact) mass is 278 g/mol. The molecule has 0 saturated carbocycles. The van der Waals surface area contributed by atoms with E-state index in [1.54, 1.807) is 24.3 Å². The van der Waals surface area contributed by atoms with Crippen LogP contribution in [0.2, 0.25) is 5.02 Å². The van der Waals surface area contributed by atoms with Crippen molar-refractivity contribution in [2.45, 2.75) is 6.54 Å². The molecule has 2 aromatic rings. The molecule has 0 fully saturated rings. The zero-order valence-corrected chi connectivity index (χ0v) is 10.7. The number of carbonyl (C=O) groups is 1. The Bertz CT molecular complexity index is 616. The van der Waals surface area contributed by atoms with E-state index < -0.39 is 0 Å². The Morgan fingerprint density at radius 2 is 2.05 bits per heavy atom. The standard InChI is InChI=1S/C14H12ClFN2O/c15-12-5-4-10(7-13(12)17)14(19)18-8-9-2-1-3-11(16)6-9/h1-7H,8,17H2,(H,18,19). The molecule has 0 saturated heterocycles. The Morgan fingerprint density at radius 1 is 1.26 bits per heavy atom. The molecule has 0 aliphatic heterocycles. The van der Waals surface area contributed by atoms with Crippen molar-refractivity contribution in [1.29, 1.82) is 0 Å². The number of rotatable bonds is 3. The van der Waals surface area contributed by atoms with Gasteiger partial charge in [0.15, 0.2) is 0 Å². The van der Waals surface area contributed by atoms with Crippen LogP contribution in [0, 0.1) is 5.82 Å². The largest absolute Gasteiger partial charge is 0.398 e.